The Bertz CT molecular complexity index is 576. The molecule has 2 fully saturated rings. The Morgan fingerprint density at radius 3 is 2.75 bits per heavy atom. The molecule has 4 nitrogen and oxygen atoms in total. The van der Waals surface area contributed by atoms with E-state index in [2.05, 4.69) is 5.32 Å². The van der Waals surface area contributed by atoms with Crippen LogP contribution >= 0.6 is 11.3 Å². The average molecular weight is 346 g/mol. The van der Waals surface area contributed by atoms with Crippen molar-refractivity contribution in [3.63, 3.8) is 0 Å². The summed E-state index contributed by atoms with van der Waals surface area (Å²) in [5.74, 6) is 0.0972. The molecule has 1 aliphatic carbocycles. The highest BCUT2D eigenvalue weighted by Crippen LogP contribution is 2.21. The predicted molar refractivity (Wildman–Crippen MR) is 97.7 cm³/mol. The van der Waals surface area contributed by atoms with Gasteiger partial charge in [-0.1, -0.05) is 25.3 Å². The molecule has 1 aromatic heterocycles. The topological polar surface area (TPSA) is 49.4 Å². The number of carbonyl (C=O) groups is 2. The third-order valence-electron chi connectivity index (χ3n) is 4.99. The zero-order valence-electron chi connectivity index (χ0n) is 14.1. The van der Waals surface area contributed by atoms with Gasteiger partial charge in [0.15, 0.2) is 0 Å². The van der Waals surface area contributed by atoms with Gasteiger partial charge in [-0.05, 0) is 43.2 Å². The number of rotatable bonds is 4. The Morgan fingerprint density at radius 2 is 2.00 bits per heavy atom. The van der Waals surface area contributed by atoms with E-state index >= 15 is 0 Å². The van der Waals surface area contributed by atoms with E-state index in [-0.39, 0.29) is 17.7 Å². The lowest BCUT2D eigenvalue weighted by molar-refractivity contribution is -0.132. The van der Waals surface area contributed by atoms with E-state index < -0.39 is 0 Å². The van der Waals surface area contributed by atoms with Gasteiger partial charge in [0, 0.05) is 30.1 Å². The Labute approximate surface area is 147 Å². The van der Waals surface area contributed by atoms with Gasteiger partial charge in [-0.15, -0.1) is 11.3 Å². The molecule has 24 heavy (non-hydrogen) atoms. The number of amides is 2. The quantitative estimate of drug-likeness (QED) is 0.849. The van der Waals surface area contributed by atoms with Crippen molar-refractivity contribution in [2.45, 2.75) is 51.0 Å². The van der Waals surface area contributed by atoms with E-state index in [1.807, 2.05) is 28.5 Å². The summed E-state index contributed by atoms with van der Waals surface area (Å²) in [7, 11) is 0. The monoisotopic (exact) mass is 346 g/mol. The first-order valence-electron chi connectivity index (χ1n) is 9.03. The van der Waals surface area contributed by atoms with Crippen molar-refractivity contribution in [1.82, 2.24) is 10.2 Å². The summed E-state index contributed by atoms with van der Waals surface area (Å²) >= 11 is 1.61. The fraction of sp³-hybridized carbons (Fsp3) is 0.579. The molecule has 1 atom stereocenters. The van der Waals surface area contributed by atoms with E-state index in [0.717, 1.165) is 37.1 Å². The summed E-state index contributed by atoms with van der Waals surface area (Å²) in [6.07, 6.45) is 11.2. The molecular formula is C19H26N2O2S. The summed E-state index contributed by atoms with van der Waals surface area (Å²) in [4.78, 5) is 27.8. The molecular weight excluding hydrogens is 320 g/mol. The third-order valence-corrected chi connectivity index (χ3v) is 5.83. The first kappa shape index (κ1) is 17.2. The highest BCUT2D eigenvalue weighted by atomic mass is 32.1. The standard InChI is InChI=1S/C19H26N2O2S/c22-18(11-10-17-9-5-13-24-17)21-12-4-6-15(14-21)19(23)20-16-7-2-1-3-8-16/h5,9-11,13,15-16H,1-4,6-8,12,14H2,(H,20,23)/b11-10+. The van der Waals surface area contributed by atoms with Crippen LogP contribution in [0.15, 0.2) is 23.6 Å². The van der Waals surface area contributed by atoms with Crippen LogP contribution < -0.4 is 5.32 Å². The molecule has 2 heterocycles. The minimum atomic E-state index is -0.0558. The molecule has 2 amide bonds. The number of hydrogen-bond acceptors (Lipinski definition) is 3. The van der Waals surface area contributed by atoms with E-state index in [0.29, 0.717) is 12.6 Å². The minimum absolute atomic E-state index is 0.0126. The SMILES string of the molecule is O=C(NC1CCCCC1)C1CCCN(C(=O)/C=C/c2cccs2)C1. The average Bonchev–Trinajstić information content (AvgIpc) is 3.14. The Kier molecular flexibility index (Phi) is 6.07. The molecule has 1 saturated heterocycles. The molecule has 0 radical (unpaired) electrons. The molecule has 0 spiro atoms. The van der Waals surface area contributed by atoms with E-state index in [1.54, 1.807) is 17.4 Å². The summed E-state index contributed by atoms with van der Waals surface area (Å²) in [6, 6.07) is 4.31. The van der Waals surface area contributed by atoms with Crippen LogP contribution in [0.5, 0.6) is 0 Å². The highest BCUT2D eigenvalue weighted by Gasteiger charge is 2.29. The van der Waals surface area contributed by atoms with Crippen LogP contribution in [-0.2, 0) is 9.59 Å². The second kappa shape index (κ2) is 8.47. The lowest BCUT2D eigenvalue weighted by atomic mass is 9.93. The van der Waals surface area contributed by atoms with Crippen molar-refractivity contribution < 1.29 is 9.59 Å². The molecule has 0 aromatic carbocycles. The van der Waals surface area contributed by atoms with Crippen molar-refractivity contribution in [3.05, 3.63) is 28.5 Å². The van der Waals surface area contributed by atoms with Gasteiger partial charge in [-0.2, -0.15) is 0 Å². The smallest absolute Gasteiger partial charge is 0.246 e. The maximum Gasteiger partial charge on any atom is 0.246 e. The molecule has 130 valence electrons. The molecule has 1 unspecified atom stereocenters. The first-order chi connectivity index (χ1) is 11.7. The zero-order valence-corrected chi connectivity index (χ0v) is 14.9. The highest BCUT2D eigenvalue weighted by molar-refractivity contribution is 7.10. The molecule has 1 aromatic rings. The van der Waals surface area contributed by atoms with Crippen LogP contribution in [0.3, 0.4) is 0 Å². The third kappa shape index (κ3) is 4.69. The maximum atomic E-state index is 12.5. The fourth-order valence-electron chi connectivity index (χ4n) is 3.60. The van der Waals surface area contributed by atoms with Gasteiger partial charge in [0.25, 0.3) is 0 Å². The van der Waals surface area contributed by atoms with E-state index in [1.165, 1.54) is 19.3 Å². The van der Waals surface area contributed by atoms with Crippen LogP contribution in [0, 0.1) is 5.92 Å². The van der Waals surface area contributed by atoms with Gasteiger partial charge in [-0.3, -0.25) is 9.59 Å². The van der Waals surface area contributed by atoms with E-state index in [4.69, 9.17) is 0 Å². The molecule has 0 bridgehead atoms. The van der Waals surface area contributed by atoms with Crippen molar-refractivity contribution >= 4 is 29.2 Å². The van der Waals surface area contributed by atoms with Crippen LogP contribution in [0.2, 0.25) is 0 Å². The maximum absolute atomic E-state index is 12.5. The zero-order chi connectivity index (χ0) is 16.8. The van der Waals surface area contributed by atoms with Gasteiger partial charge in [0.1, 0.15) is 0 Å². The number of nitrogens with one attached hydrogen (secondary N) is 1. The van der Waals surface area contributed by atoms with E-state index in [9.17, 15) is 9.59 Å². The van der Waals surface area contributed by atoms with Crippen LogP contribution in [0.1, 0.15) is 49.8 Å². The molecule has 1 saturated carbocycles. The van der Waals surface area contributed by atoms with Gasteiger partial charge >= 0.3 is 0 Å². The molecule has 5 heteroatoms. The minimum Gasteiger partial charge on any atom is -0.353 e. The molecule has 2 aliphatic rings. The lowest BCUT2D eigenvalue weighted by Gasteiger charge is -2.33. The van der Waals surface area contributed by atoms with Crippen molar-refractivity contribution in [2.24, 2.45) is 5.92 Å². The Hall–Kier alpha value is -1.62. The largest absolute Gasteiger partial charge is 0.353 e. The Balaban J connectivity index is 1.51. The van der Waals surface area contributed by atoms with Crippen molar-refractivity contribution in [3.8, 4) is 0 Å². The summed E-state index contributed by atoms with van der Waals surface area (Å²) in [5.41, 5.74) is 0. The Morgan fingerprint density at radius 1 is 1.17 bits per heavy atom. The second-order valence-electron chi connectivity index (χ2n) is 6.82. The number of carbonyl (C=O) groups excluding carboxylic acids is 2. The predicted octanol–water partition coefficient (Wildman–Crippen LogP) is 3.45. The molecule has 3 rings (SSSR count). The van der Waals surface area contributed by atoms with Crippen molar-refractivity contribution in [2.75, 3.05) is 13.1 Å². The van der Waals surface area contributed by atoms with Gasteiger partial charge in [0.05, 0.1) is 5.92 Å². The first-order valence-corrected chi connectivity index (χ1v) is 9.91. The van der Waals surface area contributed by atoms with Gasteiger partial charge in [0.2, 0.25) is 11.8 Å². The van der Waals surface area contributed by atoms with Crippen LogP contribution in [-0.4, -0.2) is 35.8 Å². The molecule has 1 N–H and O–H groups in total. The second-order valence-corrected chi connectivity index (χ2v) is 7.79. The summed E-state index contributed by atoms with van der Waals surface area (Å²) in [6.45, 7) is 1.30. The summed E-state index contributed by atoms with van der Waals surface area (Å²) in [5, 5.41) is 5.21. The van der Waals surface area contributed by atoms with Crippen molar-refractivity contribution in [1.29, 1.82) is 0 Å². The van der Waals surface area contributed by atoms with Crippen LogP contribution in [0.25, 0.3) is 6.08 Å². The number of thiophene rings is 1. The normalized spacial score (nSPS) is 22.7. The van der Waals surface area contributed by atoms with Crippen LogP contribution in [0.4, 0.5) is 0 Å². The number of piperidine rings is 1. The van der Waals surface area contributed by atoms with Gasteiger partial charge < -0.3 is 10.2 Å². The lowest BCUT2D eigenvalue weighted by Crippen LogP contribution is -2.47. The number of likely N-dealkylation sites (tertiary alicyclic amines) is 1. The molecule has 1 aliphatic heterocycles. The summed E-state index contributed by atoms with van der Waals surface area (Å²) < 4.78 is 0. The number of hydrogen-bond donors (Lipinski definition) is 1. The fourth-order valence-corrected chi connectivity index (χ4v) is 4.22. The number of nitrogens with zero attached hydrogens (tertiary/aromatic N) is 1. The van der Waals surface area contributed by atoms with Gasteiger partial charge in [-0.25, -0.2) is 0 Å².